The Balaban J connectivity index is 0.812. The first-order valence-electron chi connectivity index (χ1n) is 20.4. The van der Waals surface area contributed by atoms with Crippen LogP contribution >= 0.6 is 11.6 Å². The minimum atomic E-state index is -0.634. The van der Waals surface area contributed by atoms with E-state index in [4.69, 9.17) is 21.1 Å². The van der Waals surface area contributed by atoms with Crippen LogP contribution < -0.4 is 10.3 Å². The number of nitrogens with zero attached hydrogens (tertiary/aromatic N) is 4. The molecule has 62 heavy (non-hydrogen) atoms. The summed E-state index contributed by atoms with van der Waals surface area (Å²) in [6.07, 6.45) is 3.17. The number of hydrogen-bond donors (Lipinski definition) is 2. The maximum atomic E-state index is 15.3. The van der Waals surface area contributed by atoms with Gasteiger partial charge in [-0.1, -0.05) is 67.1 Å². The summed E-state index contributed by atoms with van der Waals surface area (Å²) in [4.78, 5) is 41.8. The zero-order chi connectivity index (χ0) is 43.2. The SMILES string of the molecule is CC/C(=C(/c1ccc(OCCCOCC(=O)N2CCN(C(=O)c3cc(Cc4n[nH]c(=O)c5ccccc45)ccc3F)CC2)cc1)c1ccc2[nH]ncc2c1)c1ccc(Cl)cc1F. The number of hydrogen-bond acceptors (Lipinski definition) is 7. The fourth-order valence-electron chi connectivity index (χ4n) is 7.84. The van der Waals surface area contributed by atoms with Crippen LogP contribution in [0, 0.1) is 11.6 Å². The largest absolute Gasteiger partial charge is 0.494 e. The molecular formula is C48H43ClF2N6O5. The zero-order valence-corrected chi connectivity index (χ0v) is 34.7. The standard InChI is InChI=1S/C48H43ClF2N6O5/c1-2-36(37-15-12-34(49)27-42(37)51)46(32-11-17-43-33(26-32)28-52-53-43)31-9-13-35(14-10-31)62-23-5-22-61-29-45(58)56-18-20-57(21-19-56)48(60)40-24-30(8-16-41(40)50)25-44-38-6-3-4-7-39(38)47(59)55-54-44/h3-4,6-17,24,26-28H,2,5,18-23,25,29H2,1H3,(H,52,53)(H,55,59)/b46-36+. The number of carbonyl (C=O) groups is 2. The molecule has 2 N–H and O–H groups in total. The maximum absolute atomic E-state index is 15.3. The number of benzene rings is 5. The van der Waals surface area contributed by atoms with Crippen LogP contribution in [0.5, 0.6) is 5.75 Å². The quantitative estimate of drug-likeness (QED) is 0.0829. The number of fused-ring (bicyclic) bond motifs is 2. The van der Waals surface area contributed by atoms with Crippen molar-refractivity contribution in [3.63, 3.8) is 0 Å². The molecule has 2 amide bonds. The molecule has 1 saturated heterocycles. The predicted molar refractivity (Wildman–Crippen MR) is 235 cm³/mol. The van der Waals surface area contributed by atoms with Crippen LogP contribution in [0.3, 0.4) is 0 Å². The fraction of sp³-hybridized carbons (Fsp3) is 0.229. The smallest absolute Gasteiger partial charge is 0.272 e. The molecule has 14 heteroatoms. The van der Waals surface area contributed by atoms with Gasteiger partial charge in [0.05, 0.1) is 41.6 Å². The number of aromatic nitrogens is 4. The molecular weight excluding hydrogens is 814 g/mol. The molecule has 0 atom stereocenters. The number of aromatic amines is 2. The molecule has 7 aromatic rings. The highest BCUT2D eigenvalue weighted by atomic mass is 35.5. The molecule has 1 fully saturated rings. The molecule has 3 heterocycles. The van der Waals surface area contributed by atoms with E-state index in [9.17, 15) is 18.8 Å². The van der Waals surface area contributed by atoms with Crippen LogP contribution in [0.2, 0.25) is 5.02 Å². The van der Waals surface area contributed by atoms with Crippen LogP contribution in [-0.4, -0.2) is 88.0 Å². The summed E-state index contributed by atoms with van der Waals surface area (Å²) in [6.45, 7) is 3.65. The van der Waals surface area contributed by atoms with Crippen LogP contribution in [-0.2, 0) is 16.0 Å². The van der Waals surface area contributed by atoms with Gasteiger partial charge in [0, 0.05) is 60.4 Å². The van der Waals surface area contributed by atoms with Crippen molar-refractivity contribution in [2.75, 3.05) is 46.0 Å². The molecule has 0 radical (unpaired) electrons. The van der Waals surface area contributed by atoms with E-state index in [2.05, 4.69) is 20.4 Å². The van der Waals surface area contributed by atoms with Crippen LogP contribution in [0.25, 0.3) is 32.8 Å². The lowest BCUT2D eigenvalue weighted by Gasteiger charge is -2.34. The Morgan fingerprint density at radius 1 is 0.790 bits per heavy atom. The van der Waals surface area contributed by atoms with E-state index >= 15 is 4.39 Å². The van der Waals surface area contributed by atoms with Crippen molar-refractivity contribution in [3.05, 3.63) is 170 Å². The van der Waals surface area contributed by atoms with E-state index in [1.165, 1.54) is 18.2 Å². The summed E-state index contributed by atoms with van der Waals surface area (Å²) in [6, 6.07) is 29.9. The summed E-state index contributed by atoms with van der Waals surface area (Å²) in [5.41, 5.74) is 5.86. The van der Waals surface area contributed by atoms with Gasteiger partial charge in [-0.2, -0.15) is 10.2 Å². The topological polar surface area (TPSA) is 134 Å². The zero-order valence-electron chi connectivity index (χ0n) is 33.9. The molecule has 316 valence electrons. The minimum absolute atomic E-state index is 0.0564. The Hall–Kier alpha value is -6.70. The van der Waals surface area contributed by atoms with Crippen molar-refractivity contribution in [1.82, 2.24) is 30.2 Å². The van der Waals surface area contributed by atoms with E-state index in [0.29, 0.717) is 83.9 Å². The van der Waals surface area contributed by atoms with Crippen molar-refractivity contribution in [2.24, 2.45) is 0 Å². The van der Waals surface area contributed by atoms with Gasteiger partial charge in [-0.15, -0.1) is 0 Å². The first-order chi connectivity index (χ1) is 30.2. The van der Waals surface area contributed by atoms with E-state index in [1.807, 2.05) is 61.5 Å². The molecule has 1 aliphatic heterocycles. The number of amides is 2. The molecule has 5 aromatic carbocycles. The number of allylic oxidation sites excluding steroid dienone is 1. The number of rotatable bonds is 14. The van der Waals surface area contributed by atoms with Crippen molar-refractivity contribution < 1.29 is 27.8 Å². The molecule has 0 bridgehead atoms. The van der Waals surface area contributed by atoms with Gasteiger partial charge in [0.15, 0.2) is 0 Å². The summed E-state index contributed by atoms with van der Waals surface area (Å²) >= 11 is 6.10. The highest BCUT2D eigenvalue weighted by molar-refractivity contribution is 6.30. The summed E-state index contributed by atoms with van der Waals surface area (Å²) in [7, 11) is 0. The Bertz CT molecular complexity index is 2850. The van der Waals surface area contributed by atoms with Crippen molar-refractivity contribution in [2.45, 2.75) is 26.2 Å². The van der Waals surface area contributed by atoms with E-state index < -0.39 is 11.7 Å². The van der Waals surface area contributed by atoms with Crippen molar-refractivity contribution >= 4 is 56.2 Å². The number of halogens is 3. The second kappa shape index (κ2) is 18.9. The third kappa shape index (κ3) is 9.29. The number of ether oxygens (including phenoxy) is 2. The predicted octanol–water partition coefficient (Wildman–Crippen LogP) is 8.46. The average molecular weight is 857 g/mol. The number of carbonyl (C=O) groups excluding carboxylic acids is 2. The van der Waals surface area contributed by atoms with Crippen LogP contribution in [0.15, 0.2) is 114 Å². The van der Waals surface area contributed by atoms with Crippen LogP contribution in [0.4, 0.5) is 8.78 Å². The monoisotopic (exact) mass is 856 g/mol. The van der Waals surface area contributed by atoms with Gasteiger partial charge >= 0.3 is 0 Å². The van der Waals surface area contributed by atoms with Crippen LogP contribution in [0.1, 0.15) is 58.1 Å². The van der Waals surface area contributed by atoms with Gasteiger partial charge < -0.3 is 19.3 Å². The molecule has 8 rings (SSSR count). The minimum Gasteiger partial charge on any atom is -0.494 e. The molecule has 11 nitrogen and oxygen atoms in total. The Labute approximate surface area is 360 Å². The molecule has 0 unspecified atom stereocenters. The third-order valence-corrected chi connectivity index (χ3v) is 11.3. The molecule has 0 saturated carbocycles. The summed E-state index contributed by atoms with van der Waals surface area (Å²) < 4.78 is 42.0. The highest BCUT2D eigenvalue weighted by Crippen LogP contribution is 2.37. The lowest BCUT2D eigenvalue weighted by molar-refractivity contribution is -0.137. The maximum Gasteiger partial charge on any atom is 0.272 e. The number of piperazine rings is 1. The lowest BCUT2D eigenvalue weighted by atomic mass is 9.87. The van der Waals surface area contributed by atoms with Gasteiger partial charge in [0.2, 0.25) is 5.91 Å². The van der Waals surface area contributed by atoms with Gasteiger partial charge in [-0.25, -0.2) is 13.9 Å². The molecule has 1 aliphatic rings. The molecule has 2 aromatic heterocycles. The number of H-pyrrole nitrogens is 2. The first kappa shape index (κ1) is 42.0. The first-order valence-corrected chi connectivity index (χ1v) is 20.8. The fourth-order valence-corrected chi connectivity index (χ4v) is 8.00. The van der Waals surface area contributed by atoms with E-state index in [0.717, 1.165) is 33.2 Å². The average Bonchev–Trinajstić information content (AvgIpc) is 3.77. The van der Waals surface area contributed by atoms with Crippen molar-refractivity contribution in [1.29, 1.82) is 0 Å². The Morgan fingerprint density at radius 2 is 1.55 bits per heavy atom. The van der Waals surface area contributed by atoms with Gasteiger partial charge in [-0.05, 0) is 88.9 Å². The van der Waals surface area contributed by atoms with Gasteiger partial charge in [-0.3, -0.25) is 19.5 Å². The Kier molecular flexibility index (Phi) is 12.8. The van der Waals surface area contributed by atoms with E-state index in [1.54, 1.807) is 46.3 Å². The normalized spacial score (nSPS) is 13.4. The summed E-state index contributed by atoms with van der Waals surface area (Å²) in [5, 5.41) is 16.3. The van der Waals surface area contributed by atoms with E-state index in [-0.39, 0.29) is 42.5 Å². The number of nitrogens with one attached hydrogen (secondary N) is 2. The highest BCUT2D eigenvalue weighted by Gasteiger charge is 2.27. The lowest BCUT2D eigenvalue weighted by Crippen LogP contribution is -2.51. The summed E-state index contributed by atoms with van der Waals surface area (Å²) in [5.74, 6) is -1.01. The van der Waals surface area contributed by atoms with Gasteiger partial charge in [0.25, 0.3) is 11.5 Å². The van der Waals surface area contributed by atoms with Gasteiger partial charge in [0.1, 0.15) is 24.0 Å². The second-order valence-corrected chi connectivity index (χ2v) is 15.4. The second-order valence-electron chi connectivity index (χ2n) is 15.0. The molecule has 0 spiro atoms. The Morgan fingerprint density at radius 3 is 2.32 bits per heavy atom. The van der Waals surface area contributed by atoms with Crippen molar-refractivity contribution in [3.8, 4) is 5.75 Å². The molecule has 0 aliphatic carbocycles. The third-order valence-electron chi connectivity index (χ3n) is 11.0.